The van der Waals surface area contributed by atoms with Crippen LogP contribution >= 0.6 is 11.3 Å². The fraction of sp³-hybridized carbons (Fsp3) is 0.538. The molecule has 6 heteroatoms. The van der Waals surface area contributed by atoms with Crippen molar-refractivity contribution < 1.29 is 13.5 Å². The molecular formula is C13H17NO3S2. The van der Waals surface area contributed by atoms with E-state index in [1.807, 2.05) is 18.5 Å². The monoisotopic (exact) mass is 299 g/mol. The number of aliphatic hydroxyl groups is 1. The van der Waals surface area contributed by atoms with Crippen molar-refractivity contribution in [3.05, 3.63) is 21.9 Å². The Labute approximate surface area is 118 Å². The van der Waals surface area contributed by atoms with Crippen LogP contribution in [0.15, 0.2) is 11.4 Å². The predicted molar refractivity (Wildman–Crippen MR) is 76.8 cm³/mol. The first-order valence-corrected chi connectivity index (χ1v) is 8.78. The summed E-state index contributed by atoms with van der Waals surface area (Å²) in [6.07, 6.45) is 0.724. The van der Waals surface area contributed by atoms with Crippen molar-refractivity contribution in [2.75, 3.05) is 25.2 Å². The third-order valence-electron chi connectivity index (χ3n) is 3.20. The highest BCUT2D eigenvalue weighted by atomic mass is 32.2. The van der Waals surface area contributed by atoms with Crippen molar-refractivity contribution in [2.45, 2.75) is 19.0 Å². The Morgan fingerprint density at radius 2 is 2.37 bits per heavy atom. The molecule has 0 aromatic carbocycles. The van der Waals surface area contributed by atoms with Crippen LogP contribution in [0.25, 0.3) is 0 Å². The van der Waals surface area contributed by atoms with Crippen molar-refractivity contribution in [1.29, 1.82) is 0 Å². The van der Waals surface area contributed by atoms with E-state index in [1.165, 1.54) is 0 Å². The predicted octanol–water partition coefficient (Wildman–Crippen LogP) is 0.711. The summed E-state index contributed by atoms with van der Waals surface area (Å²) in [5, 5.41) is 10.6. The van der Waals surface area contributed by atoms with E-state index < -0.39 is 9.84 Å². The van der Waals surface area contributed by atoms with Gasteiger partial charge >= 0.3 is 0 Å². The zero-order valence-electron chi connectivity index (χ0n) is 10.8. The largest absolute Gasteiger partial charge is 0.384 e. The smallest absolute Gasteiger partial charge is 0.151 e. The van der Waals surface area contributed by atoms with Gasteiger partial charge in [0.15, 0.2) is 9.84 Å². The minimum Gasteiger partial charge on any atom is -0.384 e. The molecule has 0 unspecified atom stereocenters. The van der Waals surface area contributed by atoms with Gasteiger partial charge in [-0.1, -0.05) is 11.8 Å². The lowest BCUT2D eigenvalue weighted by atomic mass is 10.2. The van der Waals surface area contributed by atoms with Crippen LogP contribution in [0.1, 0.15) is 16.9 Å². The third kappa shape index (κ3) is 4.05. The van der Waals surface area contributed by atoms with Gasteiger partial charge in [-0.2, -0.15) is 0 Å². The number of thiophene rings is 1. The molecule has 1 aromatic heterocycles. The quantitative estimate of drug-likeness (QED) is 0.835. The minimum atomic E-state index is -2.83. The summed E-state index contributed by atoms with van der Waals surface area (Å²) < 4.78 is 22.9. The maximum atomic E-state index is 11.5. The van der Waals surface area contributed by atoms with E-state index in [4.69, 9.17) is 5.11 Å². The van der Waals surface area contributed by atoms with Gasteiger partial charge in [0, 0.05) is 28.4 Å². The molecule has 0 amide bonds. The topological polar surface area (TPSA) is 57.6 Å². The molecule has 1 aromatic rings. The molecule has 0 aliphatic carbocycles. The Morgan fingerprint density at radius 3 is 3.00 bits per heavy atom. The number of sulfone groups is 1. The van der Waals surface area contributed by atoms with Crippen LogP contribution in [-0.4, -0.2) is 49.6 Å². The molecule has 1 N–H and O–H groups in total. The molecule has 0 spiro atoms. The van der Waals surface area contributed by atoms with Crippen LogP contribution in [0.3, 0.4) is 0 Å². The first-order valence-electron chi connectivity index (χ1n) is 6.08. The van der Waals surface area contributed by atoms with Crippen LogP contribution in [0.4, 0.5) is 0 Å². The highest BCUT2D eigenvalue weighted by Gasteiger charge is 2.30. The second-order valence-corrected chi connectivity index (χ2v) is 7.96. The molecule has 1 atom stereocenters. The molecule has 2 heterocycles. The standard InChI is InChI=1S/C13H17NO3S2/c1-14(12-4-6-19(16,17)10-12)8-13-7-11(9-18-13)3-2-5-15/h7,9,12,15H,4-6,8,10H2,1H3/t12-/m1/s1. The highest BCUT2D eigenvalue weighted by Crippen LogP contribution is 2.21. The van der Waals surface area contributed by atoms with Crippen LogP contribution < -0.4 is 0 Å². The van der Waals surface area contributed by atoms with Crippen molar-refractivity contribution in [1.82, 2.24) is 4.90 Å². The van der Waals surface area contributed by atoms with Crippen LogP contribution in [-0.2, 0) is 16.4 Å². The lowest BCUT2D eigenvalue weighted by Gasteiger charge is -2.22. The van der Waals surface area contributed by atoms with E-state index in [0.29, 0.717) is 5.75 Å². The second-order valence-electron chi connectivity index (χ2n) is 4.73. The van der Waals surface area contributed by atoms with E-state index in [9.17, 15) is 8.42 Å². The third-order valence-corrected chi connectivity index (χ3v) is 5.87. The van der Waals surface area contributed by atoms with Gasteiger partial charge in [0.2, 0.25) is 0 Å². The average Bonchev–Trinajstić information content (AvgIpc) is 2.93. The Kier molecular flexibility index (Phi) is 4.63. The zero-order chi connectivity index (χ0) is 13.9. The molecule has 0 bridgehead atoms. The molecule has 2 rings (SSSR count). The highest BCUT2D eigenvalue weighted by molar-refractivity contribution is 7.91. The van der Waals surface area contributed by atoms with Crippen molar-refractivity contribution in [3.63, 3.8) is 0 Å². The van der Waals surface area contributed by atoms with Gasteiger partial charge in [-0.05, 0) is 19.5 Å². The first kappa shape index (κ1) is 14.5. The molecule has 4 nitrogen and oxygen atoms in total. The maximum Gasteiger partial charge on any atom is 0.151 e. The van der Waals surface area contributed by atoms with Crippen LogP contribution in [0.5, 0.6) is 0 Å². The molecule has 0 radical (unpaired) electrons. The summed E-state index contributed by atoms with van der Waals surface area (Å²) in [5.74, 6) is 6.06. The van der Waals surface area contributed by atoms with E-state index in [0.717, 1.165) is 23.4 Å². The van der Waals surface area contributed by atoms with Gasteiger partial charge < -0.3 is 5.11 Å². The maximum absolute atomic E-state index is 11.5. The van der Waals surface area contributed by atoms with Gasteiger partial charge in [0.1, 0.15) is 6.61 Å². The number of hydrogen-bond donors (Lipinski definition) is 1. The average molecular weight is 299 g/mol. The number of aliphatic hydroxyl groups excluding tert-OH is 1. The zero-order valence-corrected chi connectivity index (χ0v) is 12.4. The van der Waals surface area contributed by atoms with E-state index in [-0.39, 0.29) is 18.4 Å². The van der Waals surface area contributed by atoms with E-state index in [1.54, 1.807) is 11.3 Å². The SMILES string of the molecule is CN(Cc1cc(C#CCO)cs1)[C@@H]1CCS(=O)(=O)C1. The van der Waals surface area contributed by atoms with Crippen LogP contribution in [0, 0.1) is 11.8 Å². The second kappa shape index (κ2) is 6.06. The molecule has 1 saturated heterocycles. The molecule has 1 aliphatic heterocycles. The van der Waals surface area contributed by atoms with E-state index in [2.05, 4.69) is 16.7 Å². The summed E-state index contributed by atoms with van der Waals surface area (Å²) in [4.78, 5) is 3.26. The van der Waals surface area contributed by atoms with Gasteiger partial charge in [-0.15, -0.1) is 11.3 Å². The Balaban J connectivity index is 1.96. The van der Waals surface area contributed by atoms with Crippen molar-refractivity contribution in [3.8, 4) is 11.8 Å². The van der Waals surface area contributed by atoms with E-state index >= 15 is 0 Å². The minimum absolute atomic E-state index is 0.124. The number of nitrogens with zero attached hydrogens (tertiary/aromatic N) is 1. The van der Waals surface area contributed by atoms with Gasteiger partial charge in [0.05, 0.1) is 11.5 Å². The Morgan fingerprint density at radius 1 is 1.58 bits per heavy atom. The number of hydrogen-bond acceptors (Lipinski definition) is 5. The summed E-state index contributed by atoms with van der Waals surface area (Å²) in [6, 6.07) is 2.12. The molecule has 1 aliphatic rings. The lowest BCUT2D eigenvalue weighted by molar-refractivity contribution is 0.256. The van der Waals surface area contributed by atoms with Gasteiger partial charge in [-0.3, -0.25) is 4.90 Å². The molecular weight excluding hydrogens is 282 g/mol. The fourth-order valence-corrected chi connectivity index (χ4v) is 4.85. The molecule has 19 heavy (non-hydrogen) atoms. The summed E-state index contributed by atoms with van der Waals surface area (Å²) in [6.45, 7) is 0.608. The lowest BCUT2D eigenvalue weighted by Crippen LogP contribution is -2.31. The van der Waals surface area contributed by atoms with Gasteiger partial charge in [-0.25, -0.2) is 8.42 Å². The van der Waals surface area contributed by atoms with Gasteiger partial charge in [0.25, 0.3) is 0 Å². The first-order chi connectivity index (χ1) is 9.00. The molecule has 104 valence electrons. The Bertz CT molecular complexity index is 595. The van der Waals surface area contributed by atoms with Crippen molar-refractivity contribution in [2.24, 2.45) is 0 Å². The fourth-order valence-electron chi connectivity index (χ4n) is 2.17. The summed E-state index contributed by atoms with van der Waals surface area (Å²) in [5.41, 5.74) is 0.904. The Hall–Kier alpha value is -0.870. The molecule has 1 fully saturated rings. The summed E-state index contributed by atoms with van der Waals surface area (Å²) in [7, 11) is -0.865. The summed E-state index contributed by atoms with van der Waals surface area (Å²) >= 11 is 1.61. The van der Waals surface area contributed by atoms with Crippen molar-refractivity contribution >= 4 is 21.2 Å². The normalized spacial score (nSPS) is 21.3. The number of rotatable bonds is 3. The van der Waals surface area contributed by atoms with Crippen LogP contribution in [0.2, 0.25) is 0 Å². The molecule has 0 saturated carbocycles.